The minimum atomic E-state index is -0.351. The number of hydrogen-bond acceptors (Lipinski definition) is 3. The van der Waals surface area contributed by atoms with Gasteiger partial charge in [-0.1, -0.05) is 17.7 Å². The number of carbonyl (C=O) groups excluding carboxylic acids is 1. The third-order valence-electron chi connectivity index (χ3n) is 4.71. The molecule has 3 N–H and O–H groups in total. The van der Waals surface area contributed by atoms with Crippen LogP contribution in [0.5, 0.6) is 0 Å². The van der Waals surface area contributed by atoms with Gasteiger partial charge in [0.05, 0.1) is 11.4 Å². The van der Waals surface area contributed by atoms with Crippen LogP contribution in [0.2, 0.25) is 5.02 Å². The minimum absolute atomic E-state index is 0.0510. The molecule has 1 atom stereocenters. The summed E-state index contributed by atoms with van der Waals surface area (Å²) in [7, 11) is 0. The Morgan fingerprint density at radius 1 is 1.27 bits per heavy atom. The minimum Gasteiger partial charge on any atom is -0.316 e. The van der Waals surface area contributed by atoms with Crippen LogP contribution in [0, 0.1) is 11.7 Å². The number of benzene rings is 2. The molecule has 0 saturated carbocycles. The van der Waals surface area contributed by atoms with Gasteiger partial charge in [0.25, 0.3) is 0 Å². The van der Waals surface area contributed by atoms with Crippen LogP contribution in [0.3, 0.4) is 0 Å². The van der Waals surface area contributed by atoms with Gasteiger partial charge in [0.2, 0.25) is 5.91 Å². The van der Waals surface area contributed by atoms with Crippen LogP contribution < -0.4 is 10.6 Å². The van der Waals surface area contributed by atoms with Gasteiger partial charge in [0.1, 0.15) is 5.82 Å². The maximum atomic E-state index is 14.2. The zero-order valence-electron chi connectivity index (χ0n) is 14.0. The second-order valence-electron chi connectivity index (χ2n) is 6.49. The van der Waals surface area contributed by atoms with Crippen LogP contribution in [-0.2, 0) is 4.79 Å². The Labute approximate surface area is 154 Å². The van der Waals surface area contributed by atoms with Crippen molar-refractivity contribution in [2.24, 2.45) is 5.92 Å². The first-order valence-corrected chi connectivity index (χ1v) is 8.95. The van der Waals surface area contributed by atoms with Gasteiger partial charge in [-0.05, 0) is 55.3 Å². The van der Waals surface area contributed by atoms with Gasteiger partial charge in [-0.25, -0.2) is 4.39 Å². The number of nitrogens with zero attached hydrogens (tertiary/aromatic N) is 1. The molecule has 1 fully saturated rings. The number of aromatic nitrogens is 2. The summed E-state index contributed by atoms with van der Waals surface area (Å²) in [6, 6.07) is 9.87. The van der Waals surface area contributed by atoms with Gasteiger partial charge in [-0.2, -0.15) is 5.10 Å². The number of nitrogens with one attached hydrogen (secondary N) is 3. The van der Waals surface area contributed by atoms with Crippen molar-refractivity contribution in [2.45, 2.75) is 12.8 Å². The quantitative estimate of drug-likeness (QED) is 0.651. The highest BCUT2D eigenvalue weighted by molar-refractivity contribution is 6.30. The van der Waals surface area contributed by atoms with E-state index in [1.807, 2.05) is 12.1 Å². The lowest BCUT2D eigenvalue weighted by Crippen LogP contribution is -2.37. The SMILES string of the molecule is O=C(Nc1n[nH]c2ccc(-c3cc(Cl)ccc3F)cc12)[C@@H]1CCCNC1. The molecule has 1 amide bonds. The molecule has 1 saturated heterocycles. The summed E-state index contributed by atoms with van der Waals surface area (Å²) >= 11 is 6.00. The fraction of sp³-hybridized carbons (Fsp3) is 0.263. The van der Waals surface area contributed by atoms with Crippen molar-refractivity contribution >= 4 is 34.2 Å². The van der Waals surface area contributed by atoms with Crippen LogP contribution in [0.4, 0.5) is 10.2 Å². The van der Waals surface area contributed by atoms with Crippen LogP contribution in [-0.4, -0.2) is 29.2 Å². The molecule has 1 aromatic heterocycles. The zero-order chi connectivity index (χ0) is 18.1. The Morgan fingerprint density at radius 3 is 2.96 bits per heavy atom. The number of fused-ring (bicyclic) bond motifs is 1. The molecule has 0 spiro atoms. The van der Waals surface area contributed by atoms with E-state index < -0.39 is 0 Å². The van der Waals surface area contributed by atoms with E-state index in [1.54, 1.807) is 12.1 Å². The fourth-order valence-electron chi connectivity index (χ4n) is 3.29. The summed E-state index contributed by atoms with van der Waals surface area (Å²) in [4.78, 5) is 12.5. The monoisotopic (exact) mass is 372 g/mol. The molecule has 0 bridgehead atoms. The number of hydrogen-bond donors (Lipinski definition) is 3. The largest absolute Gasteiger partial charge is 0.316 e. The number of anilines is 1. The summed E-state index contributed by atoms with van der Waals surface area (Å²) < 4.78 is 14.2. The van der Waals surface area contributed by atoms with Crippen molar-refractivity contribution in [1.82, 2.24) is 15.5 Å². The molecule has 0 unspecified atom stereocenters. The number of aromatic amines is 1. The Balaban J connectivity index is 1.66. The van der Waals surface area contributed by atoms with Gasteiger partial charge in [-0.15, -0.1) is 0 Å². The Hall–Kier alpha value is -2.44. The Kier molecular flexibility index (Phi) is 4.61. The van der Waals surface area contributed by atoms with Crippen molar-refractivity contribution in [3.8, 4) is 11.1 Å². The first kappa shape index (κ1) is 17.0. The van der Waals surface area contributed by atoms with E-state index >= 15 is 0 Å². The smallest absolute Gasteiger partial charge is 0.229 e. The maximum Gasteiger partial charge on any atom is 0.229 e. The lowest BCUT2D eigenvalue weighted by atomic mass is 9.99. The summed E-state index contributed by atoms with van der Waals surface area (Å²) in [5.74, 6) is -0.00929. The molecule has 0 radical (unpaired) electrons. The van der Waals surface area contributed by atoms with Crippen molar-refractivity contribution in [2.75, 3.05) is 18.4 Å². The maximum absolute atomic E-state index is 14.2. The number of piperidine rings is 1. The normalized spacial score (nSPS) is 17.4. The van der Waals surface area contributed by atoms with Crippen molar-refractivity contribution < 1.29 is 9.18 Å². The number of amides is 1. The molecule has 2 heterocycles. The summed E-state index contributed by atoms with van der Waals surface area (Å²) in [5.41, 5.74) is 1.86. The number of rotatable bonds is 3. The van der Waals surface area contributed by atoms with Crippen LogP contribution in [0.25, 0.3) is 22.0 Å². The molecular formula is C19H18ClFN4O. The Morgan fingerprint density at radius 2 is 2.15 bits per heavy atom. The van der Waals surface area contributed by atoms with Crippen molar-refractivity contribution in [1.29, 1.82) is 0 Å². The second kappa shape index (κ2) is 7.05. The lowest BCUT2D eigenvalue weighted by molar-refractivity contribution is -0.120. The molecule has 0 aliphatic carbocycles. The molecule has 5 nitrogen and oxygen atoms in total. The average molecular weight is 373 g/mol. The highest BCUT2D eigenvalue weighted by Gasteiger charge is 2.22. The molecule has 1 aliphatic rings. The topological polar surface area (TPSA) is 69.8 Å². The number of halogens is 2. The first-order valence-electron chi connectivity index (χ1n) is 8.57. The predicted octanol–water partition coefficient (Wildman–Crippen LogP) is 3.96. The van der Waals surface area contributed by atoms with Gasteiger partial charge in [-0.3, -0.25) is 9.89 Å². The first-order chi connectivity index (χ1) is 12.6. The van der Waals surface area contributed by atoms with E-state index in [4.69, 9.17) is 11.6 Å². The second-order valence-corrected chi connectivity index (χ2v) is 6.93. The third kappa shape index (κ3) is 3.30. The average Bonchev–Trinajstić information content (AvgIpc) is 3.06. The van der Waals surface area contributed by atoms with Crippen LogP contribution in [0.15, 0.2) is 36.4 Å². The van der Waals surface area contributed by atoms with Gasteiger partial charge in [0, 0.05) is 22.5 Å². The van der Waals surface area contributed by atoms with E-state index in [2.05, 4.69) is 20.8 Å². The van der Waals surface area contributed by atoms with E-state index in [9.17, 15) is 9.18 Å². The third-order valence-corrected chi connectivity index (χ3v) is 4.95. The molecule has 134 valence electrons. The van der Waals surface area contributed by atoms with E-state index in [1.165, 1.54) is 12.1 Å². The predicted molar refractivity (Wildman–Crippen MR) is 101 cm³/mol. The molecule has 1 aliphatic heterocycles. The number of H-pyrrole nitrogens is 1. The zero-order valence-corrected chi connectivity index (χ0v) is 14.7. The van der Waals surface area contributed by atoms with E-state index in [0.717, 1.165) is 30.3 Å². The van der Waals surface area contributed by atoms with Gasteiger partial charge in [0.15, 0.2) is 5.82 Å². The highest BCUT2D eigenvalue weighted by Crippen LogP contribution is 2.31. The Bertz CT molecular complexity index is 965. The molecular weight excluding hydrogens is 355 g/mol. The molecule has 3 aromatic rings. The lowest BCUT2D eigenvalue weighted by Gasteiger charge is -2.21. The van der Waals surface area contributed by atoms with Gasteiger partial charge >= 0.3 is 0 Å². The summed E-state index contributed by atoms with van der Waals surface area (Å²) in [6.45, 7) is 1.62. The molecule has 7 heteroatoms. The highest BCUT2D eigenvalue weighted by atomic mass is 35.5. The van der Waals surface area contributed by atoms with Gasteiger partial charge < -0.3 is 10.6 Å². The molecule has 2 aromatic carbocycles. The molecule has 4 rings (SSSR count). The summed E-state index contributed by atoms with van der Waals surface area (Å²) in [6.07, 6.45) is 1.84. The van der Waals surface area contributed by atoms with Crippen molar-refractivity contribution in [3.05, 3.63) is 47.2 Å². The van der Waals surface area contributed by atoms with Crippen LogP contribution in [0.1, 0.15) is 12.8 Å². The van der Waals surface area contributed by atoms with E-state index in [0.29, 0.717) is 28.5 Å². The number of carbonyl (C=O) groups is 1. The van der Waals surface area contributed by atoms with E-state index in [-0.39, 0.29) is 17.6 Å². The van der Waals surface area contributed by atoms with Crippen molar-refractivity contribution in [3.63, 3.8) is 0 Å². The summed E-state index contributed by atoms with van der Waals surface area (Å²) in [5, 5.41) is 14.4. The molecule has 26 heavy (non-hydrogen) atoms. The fourth-order valence-corrected chi connectivity index (χ4v) is 3.46. The van der Waals surface area contributed by atoms with Crippen LogP contribution >= 0.6 is 11.6 Å². The standard InChI is InChI=1S/C19H18ClFN4O/c20-13-4-5-16(21)14(9-13)11-3-6-17-15(8-11)18(25-24-17)23-19(26)12-2-1-7-22-10-12/h3-6,8-9,12,22H,1-2,7,10H2,(H2,23,24,25,26)/t12-/m1/s1.